The van der Waals surface area contributed by atoms with E-state index in [4.69, 9.17) is 5.11 Å². The zero-order valence-electron chi connectivity index (χ0n) is 10.8. The smallest absolute Gasteiger partial charge is 0.339 e. The Morgan fingerprint density at radius 3 is 2.35 bits per heavy atom. The van der Waals surface area contributed by atoms with Crippen molar-refractivity contribution in [3.05, 3.63) is 23.9 Å². The number of hydrogen-bond acceptors (Lipinski definition) is 4. The van der Waals surface area contributed by atoms with Crippen LogP contribution in [0.15, 0.2) is 18.3 Å². The van der Waals surface area contributed by atoms with Crippen molar-refractivity contribution in [3.63, 3.8) is 0 Å². The Labute approximate surface area is 115 Å². The van der Waals surface area contributed by atoms with Crippen LogP contribution in [0.2, 0.25) is 0 Å². The van der Waals surface area contributed by atoms with Crippen molar-refractivity contribution in [2.75, 3.05) is 4.90 Å². The zero-order chi connectivity index (χ0) is 14.3. The van der Waals surface area contributed by atoms with Crippen molar-refractivity contribution in [2.45, 2.75) is 25.7 Å². The van der Waals surface area contributed by atoms with Gasteiger partial charge in [0.25, 0.3) is 0 Å². The molecule has 0 spiro atoms. The van der Waals surface area contributed by atoms with Crippen LogP contribution in [-0.4, -0.2) is 27.9 Å². The Balaban J connectivity index is 2.04. The zero-order valence-corrected chi connectivity index (χ0v) is 10.8. The van der Waals surface area contributed by atoms with Gasteiger partial charge in [-0.05, 0) is 25.0 Å². The maximum Gasteiger partial charge on any atom is 0.339 e. The second-order valence-corrected chi connectivity index (χ2v) is 5.19. The van der Waals surface area contributed by atoms with Gasteiger partial charge in [-0.2, -0.15) is 0 Å². The Morgan fingerprint density at radius 2 is 1.80 bits per heavy atom. The van der Waals surface area contributed by atoms with E-state index in [0.717, 1.165) is 17.7 Å². The van der Waals surface area contributed by atoms with E-state index in [1.165, 1.54) is 18.3 Å². The Kier molecular flexibility index (Phi) is 3.00. The van der Waals surface area contributed by atoms with E-state index < -0.39 is 5.97 Å². The number of imide groups is 1. The van der Waals surface area contributed by atoms with E-state index in [9.17, 15) is 14.4 Å². The third-order valence-electron chi connectivity index (χ3n) is 4.07. The van der Waals surface area contributed by atoms with Crippen molar-refractivity contribution in [3.8, 4) is 0 Å². The monoisotopic (exact) mass is 274 g/mol. The fourth-order valence-electron chi connectivity index (χ4n) is 3.11. The molecule has 1 aromatic heterocycles. The van der Waals surface area contributed by atoms with Crippen LogP contribution in [-0.2, 0) is 9.59 Å². The van der Waals surface area contributed by atoms with Gasteiger partial charge in [0.15, 0.2) is 5.82 Å². The number of carbonyl (C=O) groups excluding carboxylic acids is 2. The standard InChI is InChI=1S/C14H14N2O4/c17-12-8-4-1-2-5-9(8)13(18)16(12)11-10(14(19)20)6-3-7-15-11/h3,6-9H,1-2,4-5H2,(H,19,20). The first-order valence-corrected chi connectivity index (χ1v) is 6.67. The Hall–Kier alpha value is -2.24. The van der Waals surface area contributed by atoms with Gasteiger partial charge >= 0.3 is 5.97 Å². The normalized spacial score (nSPS) is 25.7. The van der Waals surface area contributed by atoms with E-state index in [2.05, 4.69) is 4.98 Å². The summed E-state index contributed by atoms with van der Waals surface area (Å²) in [5, 5.41) is 9.17. The molecule has 2 amide bonds. The third-order valence-corrected chi connectivity index (χ3v) is 4.07. The van der Waals surface area contributed by atoms with Crippen LogP contribution < -0.4 is 4.90 Å². The number of rotatable bonds is 2. The topological polar surface area (TPSA) is 87.6 Å². The molecule has 0 aromatic carbocycles. The number of carbonyl (C=O) groups is 3. The first kappa shape index (κ1) is 12.8. The summed E-state index contributed by atoms with van der Waals surface area (Å²) in [5.41, 5.74) is -0.118. The summed E-state index contributed by atoms with van der Waals surface area (Å²) in [6, 6.07) is 2.83. The SMILES string of the molecule is O=C(O)c1cccnc1N1C(=O)C2CCCCC2C1=O. The summed E-state index contributed by atoms with van der Waals surface area (Å²) < 4.78 is 0. The molecule has 0 bridgehead atoms. The molecular weight excluding hydrogens is 260 g/mol. The number of carboxylic acids is 1. The average molecular weight is 274 g/mol. The molecule has 20 heavy (non-hydrogen) atoms. The number of carboxylic acid groups (broad SMARTS) is 1. The number of amides is 2. The lowest BCUT2D eigenvalue weighted by Crippen LogP contribution is -2.33. The summed E-state index contributed by atoms with van der Waals surface area (Å²) in [6.45, 7) is 0. The molecule has 6 nitrogen and oxygen atoms in total. The lowest BCUT2D eigenvalue weighted by molar-refractivity contribution is -0.122. The van der Waals surface area contributed by atoms with Crippen LogP contribution in [0.5, 0.6) is 0 Å². The molecule has 1 saturated carbocycles. The van der Waals surface area contributed by atoms with Crippen molar-refractivity contribution >= 4 is 23.6 Å². The maximum atomic E-state index is 12.4. The molecule has 1 aliphatic carbocycles. The largest absolute Gasteiger partial charge is 0.478 e. The molecular formula is C14H14N2O4. The van der Waals surface area contributed by atoms with Gasteiger partial charge in [0.1, 0.15) is 5.56 Å². The predicted octanol–water partition coefficient (Wildman–Crippen LogP) is 1.46. The number of aromatic carboxylic acids is 1. The molecule has 6 heteroatoms. The second kappa shape index (κ2) is 4.70. The number of pyridine rings is 1. The molecule has 1 aromatic rings. The molecule has 0 radical (unpaired) electrons. The van der Waals surface area contributed by atoms with Gasteiger partial charge in [-0.25, -0.2) is 14.7 Å². The fourth-order valence-corrected chi connectivity index (χ4v) is 3.11. The quantitative estimate of drug-likeness (QED) is 0.825. The minimum Gasteiger partial charge on any atom is -0.478 e. The molecule has 2 aliphatic rings. The van der Waals surface area contributed by atoms with E-state index in [-0.39, 0.29) is 35.0 Å². The van der Waals surface area contributed by atoms with Gasteiger partial charge in [-0.3, -0.25) is 9.59 Å². The average Bonchev–Trinajstić information content (AvgIpc) is 2.71. The van der Waals surface area contributed by atoms with Crippen LogP contribution in [0.1, 0.15) is 36.0 Å². The van der Waals surface area contributed by atoms with Crippen LogP contribution in [0.4, 0.5) is 5.82 Å². The highest BCUT2D eigenvalue weighted by molar-refractivity contribution is 6.23. The number of hydrogen-bond donors (Lipinski definition) is 1. The van der Waals surface area contributed by atoms with Gasteiger partial charge < -0.3 is 5.11 Å². The van der Waals surface area contributed by atoms with Crippen LogP contribution in [0.25, 0.3) is 0 Å². The molecule has 2 atom stereocenters. The summed E-state index contributed by atoms with van der Waals surface area (Å²) in [4.78, 5) is 40.9. The van der Waals surface area contributed by atoms with E-state index >= 15 is 0 Å². The molecule has 1 N–H and O–H groups in total. The first-order chi connectivity index (χ1) is 9.61. The highest BCUT2D eigenvalue weighted by Gasteiger charge is 2.49. The van der Waals surface area contributed by atoms with E-state index in [0.29, 0.717) is 12.8 Å². The number of nitrogens with zero attached hydrogens (tertiary/aromatic N) is 2. The lowest BCUT2D eigenvalue weighted by atomic mass is 9.81. The third kappa shape index (κ3) is 1.79. The minimum absolute atomic E-state index is 0.0515. The van der Waals surface area contributed by atoms with Crippen molar-refractivity contribution in [1.29, 1.82) is 0 Å². The summed E-state index contributed by atoms with van der Waals surface area (Å²) in [5.74, 6) is -2.46. The molecule has 1 aliphatic heterocycles. The Bertz CT molecular complexity index is 575. The number of anilines is 1. The van der Waals surface area contributed by atoms with Gasteiger partial charge in [0, 0.05) is 6.20 Å². The molecule has 2 heterocycles. The van der Waals surface area contributed by atoms with Gasteiger partial charge in [0.2, 0.25) is 11.8 Å². The van der Waals surface area contributed by atoms with Crippen molar-refractivity contribution in [2.24, 2.45) is 11.8 Å². The van der Waals surface area contributed by atoms with Crippen LogP contribution >= 0.6 is 0 Å². The lowest BCUT2D eigenvalue weighted by Gasteiger charge is -2.19. The molecule has 1 saturated heterocycles. The highest BCUT2D eigenvalue weighted by Crippen LogP contribution is 2.40. The predicted molar refractivity (Wildman–Crippen MR) is 69.1 cm³/mol. The Morgan fingerprint density at radius 1 is 1.20 bits per heavy atom. The molecule has 3 rings (SSSR count). The van der Waals surface area contributed by atoms with Crippen LogP contribution in [0.3, 0.4) is 0 Å². The van der Waals surface area contributed by atoms with E-state index in [1.807, 2.05) is 0 Å². The minimum atomic E-state index is -1.19. The van der Waals surface area contributed by atoms with Crippen LogP contribution in [0, 0.1) is 11.8 Å². The summed E-state index contributed by atoms with van der Waals surface area (Å²) >= 11 is 0. The number of fused-ring (bicyclic) bond motifs is 1. The molecule has 2 fully saturated rings. The summed E-state index contributed by atoms with van der Waals surface area (Å²) in [7, 11) is 0. The number of aromatic nitrogens is 1. The van der Waals surface area contributed by atoms with Gasteiger partial charge in [-0.1, -0.05) is 12.8 Å². The molecule has 104 valence electrons. The highest BCUT2D eigenvalue weighted by atomic mass is 16.4. The van der Waals surface area contributed by atoms with Gasteiger partial charge in [0.05, 0.1) is 11.8 Å². The molecule has 2 unspecified atom stereocenters. The fraction of sp³-hybridized carbons (Fsp3) is 0.429. The van der Waals surface area contributed by atoms with E-state index in [1.54, 1.807) is 0 Å². The first-order valence-electron chi connectivity index (χ1n) is 6.67. The summed E-state index contributed by atoms with van der Waals surface area (Å²) in [6.07, 6.45) is 4.65. The van der Waals surface area contributed by atoms with Gasteiger partial charge in [-0.15, -0.1) is 0 Å². The van der Waals surface area contributed by atoms with Crippen molar-refractivity contribution < 1.29 is 19.5 Å². The second-order valence-electron chi connectivity index (χ2n) is 5.19. The maximum absolute atomic E-state index is 12.4. The van der Waals surface area contributed by atoms with Crippen molar-refractivity contribution in [1.82, 2.24) is 4.98 Å².